The largest absolute Gasteiger partial charge is 0.352 e. The Morgan fingerprint density at radius 3 is 2.78 bits per heavy atom. The van der Waals surface area contributed by atoms with Gasteiger partial charge in [-0.2, -0.15) is 0 Å². The summed E-state index contributed by atoms with van der Waals surface area (Å²) in [6, 6.07) is 4.04. The molecule has 0 spiro atoms. The third-order valence-corrected chi connectivity index (χ3v) is 2.97. The molecular formula is C12H19N5O. The number of piperazine rings is 1. The smallest absolute Gasteiger partial charge is 0.273 e. The van der Waals surface area contributed by atoms with E-state index < -0.39 is 0 Å². The van der Waals surface area contributed by atoms with E-state index in [1.807, 2.05) is 6.07 Å². The Balaban J connectivity index is 2.10. The zero-order valence-electron chi connectivity index (χ0n) is 11.1. The Morgan fingerprint density at radius 2 is 2.22 bits per heavy atom. The van der Waals surface area contributed by atoms with Gasteiger partial charge in [0.25, 0.3) is 5.91 Å². The van der Waals surface area contributed by atoms with Crippen molar-refractivity contribution in [2.24, 2.45) is 0 Å². The minimum absolute atomic E-state index is 0.122. The maximum absolute atomic E-state index is 11.7. The monoisotopic (exact) mass is 249 g/mol. The van der Waals surface area contributed by atoms with Gasteiger partial charge in [-0.15, -0.1) is 10.2 Å². The molecule has 2 rings (SSSR count). The van der Waals surface area contributed by atoms with Gasteiger partial charge in [0.1, 0.15) is 0 Å². The van der Waals surface area contributed by atoms with E-state index in [9.17, 15) is 4.79 Å². The number of aromatic nitrogens is 2. The number of hydrogen-bond donors (Lipinski definition) is 1. The second kappa shape index (κ2) is 5.30. The number of nitrogens with one attached hydrogen (secondary N) is 1. The number of nitrogens with zero attached hydrogens (tertiary/aromatic N) is 4. The molecule has 6 heteroatoms. The Hall–Kier alpha value is -1.69. The van der Waals surface area contributed by atoms with Crippen LogP contribution in [0.15, 0.2) is 12.1 Å². The molecule has 1 fully saturated rings. The van der Waals surface area contributed by atoms with E-state index >= 15 is 0 Å². The molecule has 1 aliphatic heterocycles. The Bertz CT molecular complexity index is 417. The average Bonchev–Trinajstić information content (AvgIpc) is 2.38. The summed E-state index contributed by atoms with van der Waals surface area (Å²) in [6.07, 6.45) is 0. The van der Waals surface area contributed by atoms with E-state index in [-0.39, 0.29) is 5.91 Å². The van der Waals surface area contributed by atoms with Crippen LogP contribution in [0.1, 0.15) is 17.4 Å². The molecule has 0 aliphatic carbocycles. The first kappa shape index (κ1) is 12.8. The summed E-state index contributed by atoms with van der Waals surface area (Å²) in [4.78, 5) is 15.4. The lowest BCUT2D eigenvalue weighted by atomic mass is 10.2. The highest BCUT2D eigenvalue weighted by atomic mass is 16.2. The SMILES string of the molecule is C[C@H]1CN(c2ccc(C(=O)N(C)C)nn2)CCN1. The van der Waals surface area contributed by atoms with Gasteiger partial charge >= 0.3 is 0 Å². The fourth-order valence-electron chi connectivity index (χ4n) is 1.98. The summed E-state index contributed by atoms with van der Waals surface area (Å²) in [5.41, 5.74) is 0.381. The van der Waals surface area contributed by atoms with Gasteiger partial charge in [-0.1, -0.05) is 0 Å². The Morgan fingerprint density at radius 1 is 1.44 bits per heavy atom. The van der Waals surface area contributed by atoms with Crippen molar-refractivity contribution in [1.82, 2.24) is 20.4 Å². The second-order valence-corrected chi connectivity index (χ2v) is 4.78. The fraction of sp³-hybridized carbons (Fsp3) is 0.583. The fourth-order valence-corrected chi connectivity index (χ4v) is 1.98. The second-order valence-electron chi connectivity index (χ2n) is 4.78. The highest BCUT2D eigenvalue weighted by Gasteiger charge is 2.18. The van der Waals surface area contributed by atoms with Gasteiger partial charge in [0.05, 0.1) is 0 Å². The Kier molecular flexibility index (Phi) is 3.76. The number of carbonyl (C=O) groups excluding carboxylic acids is 1. The third-order valence-electron chi connectivity index (χ3n) is 2.97. The van der Waals surface area contributed by atoms with Crippen LogP contribution in [0.3, 0.4) is 0 Å². The highest BCUT2D eigenvalue weighted by Crippen LogP contribution is 2.12. The van der Waals surface area contributed by atoms with Gasteiger partial charge in [0.2, 0.25) is 0 Å². The highest BCUT2D eigenvalue weighted by molar-refractivity contribution is 5.91. The summed E-state index contributed by atoms with van der Waals surface area (Å²) in [5.74, 6) is 0.710. The van der Waals surface area contributed by atoms with Gasteiger partial charge in [-0.3, -0.25) is 4.79 Å². The van der Waals surface area contributed by atoms with Gasteiger partial charge in [-0.25, -0.2) is 0 Å². The summed E-state index contributed by atoms with van der Waals surface area (Å²) in [6.45, 7) is 4.92. The predicted octanol–water partition coefficient (Wildman–Crippen LogP) is -0.0235. The first-order valence-corrected chi connectivity index (χ1v) is 6.11. The number of anilines is 1. The summed E-state index contributed by atoms with van der Waals surface area (Å²) in [5, 5.41) is 11.5. The minimum Gasteiger partial charge on any atom is -0.352 e. The molecule has 1 aromatic rings. The van der Waals surface area contributed by atoms with Crippen LogP contribution >= 0.6 is 0 Å². The quantitative estimate of drug-likeness (QED) is 0.798. The molecule has 2 heterocycles. The van der Waals surface area contributed by atoms with Crippen molar-refractivity contribution in [1.29, 1.82) is 0 Å². The number of hydrogen-bond acceptors (Lipinski definition) is 5. The molecule has 6 nitrogen and oxygen atoms in total. The number of carbonyl (C=O) groups is 1. The number of amides is 1. The van der Waals surface area contributed by atoms with Crippen LogP contribution in [-0.4, -0.2) is 60.8 Å². The molecule has 0 unspecified atom stereocenters. The zero-order chi connectivity index (χ0) is 13.1. The lowest BCUT2D eigenvalue weighted by molar-refractivity contribution is 0.0821. The lowest BCUT2D eigenvalue weighted by Crippen LogP contribution is -2.49. The molecule has 1 aliphatic rings. The van der Waals surface area contributed by atoms with Crippen LogP contribution in [0.2, 0.25) is 0 Å². The maximum Gasteiger partial charge on any atom is 0.273 e. The molecule has 1 N–H and O–H groups in total. The van der Waals surface area contributed by atoms with Gasteiger partial charge in [-0.05, 0) is 19.1 Å². The van der Waals surface area contributed by atoms with Crippen molar-refractivity contribution in [2.75, 3.05) is 38.6 Å². The predicted molar refractivity (Wildman–Crippen MR) is 69.7 cm³/mol. The molecule has 0 aromatic carbocycles. The molecule has 98 valence electrons. The standard InChI is InChI=1S/C12H19N5O/c1-9-8-17(7-6-13-9)11-5-4-10(14-15-11)12(18)16(2)3/h4-5,9,13H,6-8H2,1-3H3/t9-/m0/s1. The molecular weight excluding hydrogens is 230 g/mol. The van der Waals surface area contributed by atoms with Crippen LogP contribution in [0.5, 0.6) is 0 Å². The minimum atomic E-state index is -0.122. The van der Waals surface area contributed by atoms with Crippen LogP contribution in [-0.2, 0) is 0 Å². The maximum atomic E-state index is 11.7. The van der Waals surface area contributed by atoms with Crippen LogP contribution in [0, 0.1) is 0 Å². The van der Waals surface area contributed by atoms with E-state index in [0.29, 0.717) is 11.7 Å². The van der Waals surface area contributed by atoms with E-state index in [2.05, 4.69) is 27.3 Å². The topological polar surface area (TPSA) is 61.4 Å². The van der Waals surface area contributed by atoms with Crippen LogP contribution < -0.4 is 10.2 Å². The van der Waals surface area contributed by atoms with Crippen molar-refractivity contribution in [2.45, 2.75) is 13.0 Å². The van der Waals surface area contributed by atoms with Gasteiger partial charge in [0.15, 0.2) is 11.5 Å². The van der Waals surface area contributed by atoms with Crippen molar-refractivity contribution < 1.29 is 4.79 Å². The average molecular weight is 249 g/mol. The molecule has 0 saturated carbocycles. The van der Waals surface area contributed by atoms with Crippen molar-refractivity contribution in [3.05, 3.63) is 17.8 Å². The van der Waals surface area contributed by atoms with Gasteiger partial charge in [0, 0.05) is 39.8 Å². The summed E-state index contributed by atoms with van der Waals surface area (Å²) < 4.78 is 0. The van der Waals surface area contributed by atoms with E-state index in [1.54, 1.807) is 20.2 Å². The van der Waals surface area contributed by atoms with Crippen LogP contribution in [0.4, 0.5) is 5.82 Å². The van der Waals surface area contributed by atoms with E-state index in [0.717, 1.165) is 25.5 Å². The molecule has 0 radical (unpaired) electrons. The van der Waals surface area contributed by atoms with E-state index in [1.165, 1.54) is 4.90 Å². The van der Waals surface area contributed by atoms with Crippen molar-refractivity contribution >= 4 is 11.7 Å². The third kappa shape index (κ3) is 2.76. The summed E-state index contributed by atoms with van der Waals surface area (Å²) >= 11 is 0. The first-order chi connectivity index (χ1) is 8.58. The van der Waals surface area contributed by atoms with Crippen molar-refractivity contribution in [3.8, 4) is 0 Å². The van der Waals surface area contributed by atoms with Crippen LogP contribution in [0.25, 0.3) is 0 Å². The molecule has 1 saturated heterocycles. The van der Waals surface area contributed by atoms with E-state index in [4.69, 9.17) is 0 Å². The molecule has 1 amide bonds. The van der Waals surface area contributed by atoms with Crippen molar-refractivity contribution in [3.63, 3.8) is 0 Å². The normalized spacial score (nSPS) is 19.7. The van der Waals surface area contributed by atoms with Gasteiger partial charge < -0.3 is 15.1 Å². The molecule has 1 atom stereocenters. The summed E-state index contributed by atoms with van der Waals surface area (Å²) in [7, 11) is 3.41. The number of rotatable bonds is 2. The lowest BCUT2D eigenvalue weighted by Gasteiger charge is -2.32. The molecule has 0 bridgehead atoms. The molecule has 18 heavy (non-hydrogen) atoms. The first-order valence-electron chi connectivity index (χ1n) is 6.11. The Labute approximate surface area is 107 Å². The molecule has 1 aromatic heterocycles. The zero-order valence-corrected chi connectivity index (χ0v) is 11.1.